The summed E-state index contributed by atoms with van der Waals surface area (Å²) >= 11 is 0. The summed E-state index contributed by atoms with van der Waals surface area (Å²) in [4.78, 5) is 6.96. The van der Waals surface area contributed by atoms with Gasteiger partial charge in [-0.2, -0.15) is 0 Å². The monoisotopic (exact) mass is 281 g/mol. The minimum absolute atomic E-state index is 0.0325. The third-order valence-corrected chi connectivity index (χ3v) is 4.39. The van der Waals surface area contributed by atoms with Gasteiger partial charge in [0.1, 0.15) is 0 Å². The quantitative estimate of drug-likeness (QED) is 0.925. The minimum Gasteiger partial charge on any atom is -0.337 e. The Morgan fingerprint density at radius 3 is 2.81 bits per heavy atom. The number of hydrogen-bond donors (Lipinski definition) is 1. The number of pyridine rings is 1. The van der Waals surface area contributed by atoms with Crippen LogP contribution in [0.2, 0.25) is 0 Å². The molecule has 3 nitrogen and oxygen atoms in total. The third kappa shape index (κ3) is 2.66. The Bertz CT molecular complexity index is 606. The predicted molar refractivity (Wildman–Crippen MR) is 87.8 cm³/mol. The van der Waals surface area contributed by atoms with Gasteiger partial charge in [-0.05, 0) is 49.9 Å². The summed E-state index contributed by atoms with van der Waals surface area (Å²) in [5.41, 5.74) is 10.9. The number of rotatable bonds is 3. The van der Waals surface area contributed by atoms with Gasteiger partial charge in [0, 0.05) is 17.8 Å². The Hall–Kier alpha value is -1.87. The van der Waals surface area contributed by atoms with E-state index in [1.807, 2.05) is 6.20 Å². The molecule has 0 bridgehead atoms. The molecular weight excluding hydrogens is 258 g/mol. The van der Waals surface area contributed by atoms with Gasteiger partial charge >= 0.3 is 0 Å². The van der Waals surface area contributed by atoms with E-state index in [1.165, 1.54) is 17.7 Å². The average molecular weight is 281 g/mol. The van der Waals surface area contributed by atoms with Crippen molar-refractivity contribution < 1.29 is 0 Å². The molecule has 2 atom stereocenters. The van der Waals surface area contributed by atoms with Crippen LogP contribution in [0.3, 0.4) is 0 Å². The Labute approximate surface area is 126 Å². The van der Waals surface area contributed by atoms with Gasteiger partial charge in [0.25, 0.3) is 0 Å². The Morgan fingerprint density at radius 1 is 1.29 bits per heavy atom. The van der Waals surface area contributed by atoms with Crippen molar-refractivity contribution in [1.29, 1.82) is 0 Å². The number of fused-ring (bicyclic) bond motifs is 1. The Kier molecular flexibility index (Phi) is 3.93. The van der Waals surface area contributed by atoms with Gasteiger partial charge in [-0.25, -0.2) is 0 Å². The van der Waals surface area contributed by atoms with E-state index in [0.29, 0.717) is 6.04 Å². The van der Waals surface area contributed by atoms with Crippen molar-refractivity contribution in [3.8, 4) is 0 Å². The first-order chi connectivity index (χ1) is 10.2. The molecule has 0 spiro atoms. The Morgan fingerprint density at radius 2 is 2.10 bits per heavy atom. The number of aryl methyl sites for hydroxylation is 1. The molecule has 0 fully saturated rings. The summed E-state index contributed by atoms with van der Waals surface area (Å²) in [6.45, 7) is 4.37. The predicted octanol–water partition coefficient (Wildman–Crippen LogP) is 3.96. The lowest BCUT2D eigenvalue weighted by Crippen LogP contribution is -2.33. The van der Waals surface area contributed by atoms with Crippen molar-refractivity contribution in [2.75, 3.05) is 4.90 Å². The van der Waals surface area contributed by atoms with Crippen molar-refractivity contribution in [3.63, 3.8) is 0 Å². The standard InChI is InChI=1S/C18H23N3/c1-3-16(19)17-11-10-15(12-20-17)21-13(2)8-9-14-6-4-5-7-18(14)21/h4-7,10-13,16H,3,8-9,19H2,1-2H3/t13?,16-/m0/s1. The summed E-state index contributed by atoms with van der Waals surface area (Å²) in [6, 6.07) is 13.4. The zero-order valence-corrected chi connectivity index (χ0v) is 12.8. The zero-order valence-electron chi connectivity index (χ0n) is 12.8. The van der Waals surface area contributed by atoms with Gasteiger partial charge in [-0.15, -0.1) is 0 Å². The van der Waals surface area contributed by atoms with E-state index in [2.05, 4.69) is 60.1 Å². The summed E-state index contributed by atoms with van der Waals surface area (Å²) < 4.78 is 0. The van der Waals surface area contributed by atoms with Crippen LogP contribution in [0.15, 0.2) is 42.6 Å². The maximum atomic E-state index is 6.05. The number of nitrogens with two attached hydrogens (primary N) is 1. The number of anilines is 2. The van der Waals surface area contributed by atoms with Crippen LogP contribution in [0.25, 0.3) is 0 Å². The first kappa shape index (κ1) is 14.1. The maximum absolute atomic E-state index is 6.05. The van der Waals surface area contributed by atoms with Crippen molar-refractivity contribution in [2.45, 2.75) is 45.2 Å². The van der Waals surface area contributed by atoms with Crippen molar-refractivity contribution >= 4 is 11.4 Å². The van der Waals surface area contributed by atoms with Gasteiger partial charge in [-0.3, -0.25) is 4.98 Å². The lowest BCUT2D eigenvalue weighted by Gasteiger charge is -2.37. The molecule has 1 aliphatic heterocycles. The number of aromatic nitrogens is 1. The van der Waals surface area contributed by atoms with Crippen LogP contribution >= 0.6 is 0 Å². The highest BCUT2D eigenvalue weighted by atomic mass is 15.2. The van der Waals surface area contributed by atoms with Crippen LogP contribution < -0.4 is 10.6 Å². The molecule has 1 unspecified atom stereocenters. The molecule has 1 aromatic heterocycles. The topological polar surface area (TPSA) is 42.1 Å². The lowest BCUT2D eigenvalue weighted by atomic mass is 9.96. The number of nitrogens with zero attached hydrogens (tertiary/aromatic N) is 2. The fourth-order valence-corrected chi connectivity index (χ4v) is 3.05. The molecule has 2 N–H and O–H groups in total. The second kappa shape index (κ2) is 5.86. The molecule has 0 amide bonds. The number of hydrogen-bond acceptors (Lipinski definition) is 3. The summed E-state index contributed by atoms with van der Waals surface area (Å²) in [6.07, 6.45) is 5.20. The fraction of sp³-hybridized carbons (Fsp3) is 0.389. The molecule has 2 heterocycles. The van der Waals surface area contributed by atoms with Gasteiger partial charge in [0.2, 0.25) is 0 Å². The maximum Gasteiger partial charge on any atom is 0.0600 e. The fourth-order valence-electron chi connectivity index (χ4n) is 3.05. The third-order valence-electron chi connectivity index (χ3n) is 4.39. The van der Waals surface area contributed by atoms with E-state index in [0.717, 1.165) is 24.2 Å². The summed E-state index contributed by atoms with van der Waals surface area (Å²) in [5.74, 6) is 0. The summed E-state index contributed by atoms with van der Waals surface area (Å²) in [7, 11) is 0. The SMILES string of the molecule is CC[C@H](N)c1ccc(N2c3ccccc3CCC2C)cn1. The molecule has 0 radical (unpaired) electrons. The Balaban J connectivity index is 1.96. The highest BCUT2D eigenvalue weighted by Crippen LogP contribution is 2.36. The average Bonchev–Trinajstić information content (AvgIpc) is 2.54. The molecule has 3 heteroatoms. The molecule has 110 valence electrons. The van der Waals surface area contributed by atoms with Crippen LogP contribution in [-0.4, -0.2) is 11.0 Å². The normalized spacial score (nSPS) is 19.2. The van der Waals surface area contributed by atoms with E-state index in [-0.39, 0.29) is 6.04 Å². The molecule has 0 saturated heterocycles. The molecule has 1 aromatic carbocycles. The van der Waals surface area contributed by atoms with E-state index >= 15 is 0 Å². The van der Waals surface area contributed by atoms with Crippen molar-refractivity contribution in [3.05, 3.63) is 53.9 Å². The van der Waals surface area contributed by atoms with Gasteiger partial charge in [0.15, 0.2) is 0 Å². The summed E-state index contributed by atoms with van der Waals surface area (Å²) in [5, 5.41) is 0. The van der Waals surface area contributed by atoms with Crippen LogP contribution in [0.1, 0.15) is 44.0 Å². The van der Waals surface area contributed by atoms with Crippen LogP contribution in [0, 0.1) is 0 Å². The largest absolute Gasteiger partial charge is 0.337 e. The first-order valence-electron chi connectivity index (χ1n) is 7.79. The van der Waals surface area contributed by atoms with Crippen molar-refractivity contribution in [2.24, 2.45) is 5.73 Å². The molecule has 0 aliphatic carbocycles. The van der Waals surface area contributed by atoms with Crippen LogP contribution in [-0.2, 0) is 6.42 Å². The van der Waals surface area contributed by atoms with Crippen LogP contribution in [0.4, 0.5) is 11.4 Å². The van der Waals surface area contributed by atoms with E-state index < -0.39 is 0 Å². The van der Waals surface area contributed by atoms with Gasteiger partial charge in [0.05, 0.1) is 17.6 Å². The lowest BCUT2D eigenvalue weighted by molar-refractivity contribution is 0.616. The molecule has 21 heavy (non-hydrogen) atoms. The zero-order chi connectivity index (χ0) is 14.8. The molecule has 2 aromatic rings. The first-order valence-corrected chi connectivity index (χ1v) is 7.79. The highest BCUT2D eigenvalue weighted by Gasteiger charge is 2.24. The molecular formula is C18H23N3. The second-order valence-electron chi connectivity index (χ2n) is 5.84. The van der Waals surface area contributed by atoms with E-state index in [4.69, 9.17) is 5.73 Å². The van der Waals surface area contributed by atoms with Crippen LogP contribution in [0.5, 0.6) is 0 Å². The number of benzene rings is 1. The molecule has 1 aliphatic rings. The second-order valence-corrected chi connectivity index (χ2v) is 5.84. The van der Waals surface area contributed by atoms with E-state index in [9.17, 15) is 0 Å². The number of para-hydroxylation sites is 1. The minimum atomic E-state index is 0.0325. The smallest absolute Gasteiger partial charge is 0.0600 e. The van der Waals surface area contributed by atoms with Gasteiger partial charge < -0.3 is 10.6 Å². The van der Waals surface area contributed by atoms with E-state index in [1.54, 1.807) is 0 Å². The molecule has 3 rings (SSSR count). The highest BCUT2D eigenvalue weighted by molar-refractivity contribution is 5.68. The van der Waals surface area contributed by atoms with Crippen molar-refractivity contribution in [1.82, 2.24) is 4.98 Å². The van der Waals surface area contributed by atoms with Gasteiger partial charge in [-0.1, -0.05) is 25.1 Å². The molecule has 0 saturated carbocycles.